The summed E-state index contributed by atoms with van der Waals surface area (Å²) in [4.78, 5) is 2.58. The minimum Gasteiger partial charge on any atom is -0.314 e. The molecular formula is C15H24BrCl3N2. The topological polar surface area (TPSA) is 15.3 Å². The van der Waals surface area contributed by atoms with Crippen molar-refractivity contribution < 1.29 is 0 Å². The molecule has 6 heteroatoms. The van der Waals surface area contributed by atoms with Crippen LogP contribution in [0.5, 0.6) is 0 Å². The Balaban J connectivity index is 0.00000200. The lowest BCUT2D eigenvalue weighted by molar-refractivity contribution is 0.128. The van der Waals surface area contributed by atoms with E-state index in [1.807, 2.05) is 6.07 Å². The number of hydrogen-bond acceptors (Lipinski definition) is 2. The van der Waals surface area contributed by atoms with E-state index >= 15 is 0 Å². The largest absolute Gasteiger partial charge is 0.314 e. The van der Waals surface area contributed by atoms with E-state index in [1.54, 1.807) is 0 Å². The molecule has 0 saturated carbocycles. The summed E-state index contributed by atoms with van der Waals surface area (Å²) in [6.45, 7) is 8.95. The molecule has 0 aliphatic carbocycles. The fourth-order valence-electron chi connectivity index (χ4n) is 2.79. The van der Waals surface area contributed by atoms with Gasteiger partial charge in [0.25, 0.3) is 0 Å². The molecule has 0 aromatic heterocycles. The standard InChI is InChI=1S/C15H22BrClN2.2ClH/c1-3-11(2)15(19-8-6-18-7-9-19)13-10-12(17)4-5-14(13)16;;/h4-5,10-11,15,18H,3,6-9H2,1-2H3;2*1H/t11?,15-;;/m1../s1. The Morgan fingerprint density at radius 1 is 1.29 bits per heavy atom. The Morgan fingerprint density at radius 2 is 1.90 bits per heavy atom. The van der Waals surface area contributed by atoms with Crippen LogP contribution in [-0.2, 0) is 0 Å². The lowest BCUT2D eigenvalue weighted by Gasteiger charge is -2.39. The first-order valence-corrected chi connectivity index (χ1v) is 8.20. The molecule has 2 rings (SSSR count). The van der Waals surface area contributed by atoms with Crippen LogP contribution in [0.1, 0.15) is 31.9 Å². The third-order valence-electron chi connectivity index (χ3n) is 4.00. The van der Waals surface area contributed by atoms with Crippen LogP contribution in [0.2, 0.25) is 5.02 Å². The van der Waals surface area contributed by atoms with Crippen molar-refractivity contribution in [1.29, 1.82) is 0 Å². The summed E-state index contributed by atoms with van der Waals surface area (Å²) in [5, 5.41) is 4.25. The van der Waals surface area contributed by atoms with E-state index < -0.39 is 0 Å². The lowest BCUT2D eigenvalue weighted by atomic mass is 9.90. The summed E-state index contributed by atoms with van der Waals surface area (Å²) >= 11 is 9.89. The van der Waals surface area contributed by atoms with Crippen LogP contribution >= 0.6 is 52.3 Å². The van der Waals surface area contributed by atoms with Crippen LogP contribution in [0.25, 0.3) is 0 Å². The first kappa shape index (κ1) is 21.5. The molecule has 1 aliphatic heterocycles. The Hall–Kier alpha value is 0.490. The quantitative estimate of drug-likeness (QED) is 0.745. The minimum atomic E-state index is 0. The van der Waals surface area contributed by atoms with Gasteiger partial charge in [-0.3, -0.25) is 4.90 Å². The summed E-state index contributed by atoms with van der Waals surface area (Å²) in [6, 6.07) is 6.57. The van der Waals surface area contributed by atoms with Gasteiger partial charge in [-0.15, -0.1) is 24.8 Å². The summed E-state index contributed by atoms with van der Waals surface area (Å²) in [6.07, 6.45) is 1.17. The van der Waals surface area contributed by atoms with Gasteiger partial charge in [-0.25, -0.2) is 0 Å². The molecule has 1 saturated heterocycles. The monoisotopic (exact) mass is 416 g/mol. The highest BCUT2D eigenvalue weighted by Crippen LogP contribution is 2.36. The van der Waals surface area contributed by atoms with Gasteiger partial charge < -0.3 is 5.32 Å². The van der Waals surface area contributed by atoms with Gasteiger partial charge >= 0.3 is 0 Å². The van der Waals surface area contributed by atoms with Gasteiger partial charge in [-0.1, -0.05) is 47.8 Å². The third-order valence-corrected chi connectivity index (χ3v) is 4.96. The van der Waals surface area contributed by atoms with Crippen molar-refractivity contribution in [1.82, 2.24) is 10.2 Å². The third kappa shape index (κ3) is 5.56. The second kappa shape index (κ2) is 10.3. The smallest absolute Gasteiger partial charge is 0.0410 e. The Morgan fingerprint density at radius 3 is 2.48 bits per heavy atom. The first-order valence-electron chi connectivity index (χ1n) is 7.03. The maximum atomic E-state index is 6.20. The molecule has 2 atom stereocenters. The highest BCUT2D eigenvalue weighted by atomic mass is 79.9. The van der Waals surface area contributed by atoms with Crippen molar-refractivity contribution in [2.75, 3.05) is 26.2 Å². The van der Waals surface area contributed by atoms with Crippen molar-refractivity contribution in [3.05, 3.63) is 33.3 Å². The molecule has 0 radical (unpaired) electrons. The van der Waals surface area contributed by atoms with E-state index in [9.17, 15) is 0 Å². The summed E-state index contributed by atoms with van der Waals surface area (Å²) in [7, 11) is 0. The molecule has 1 fully saturated rings. The van der Waals surface area contributed by atoms with E-state index in [0.29, 0.717) is 12.0 Å². The van der Waals surface area contributed by atoms with E-state index in [1.165, 1.54) is 16.5 Å². The van der Waals surface area contributed by atoms with Gasteiger partial charge in [0, 0.05) is 41.7 Å². The molecule has 1 aromatic carbocycles. The molecule has 122 valence electrons. The number of hydrogen-bond donors (Lipinski definition) is 1. The van der Waals surface area contributed by atoms with Crippen LogP contribution in [-0.4, -0.2) is 31.1 Å². The summed E-state index contributed by atoms with van der Waals surface area (Å²) < 4.78 is 1.17. The highest BCUT2D eigenvalue weighted by molar-refractivity contribution is 9.10. The van der Waals surface area contributed by atoms with Crippen molar-refractivity contribution in [2.45, 2.75) is 26.3 Å². The van der Waals surface area contributed by atoms with Crippen LogP contribution in [0.4, 0.5) is 0 Å². The first-order chi connectivity index (χ1) is 9.13. The van der Waals surface area contributed by atoms with Gasteiger partial charge in [-0.05, 0) is 29.7 Å². The molecule has 0 bridgehead atoms. The maximum Gasteiger partial charge on any atom is 0.0410 e. The van der Waals surface area contributed by atoms with Crippen molar-refractivity contribution in [2.24, 2.45) is 5.92 Å². The van der Waals surface area contributed by atoms with Gasteiger partial charge in [0.2, 0.25) is 0 Å². The number of piperazine rings is 1. The zero-order valence-electron chi connectivity index (χ0n) is 12.4. The fourth-order valence-corrected chi connectivity index (χ4v) is 3.45. The van der Waals surface area contributed by atoms with Gasteiger partial charge in [-0.2, -0.15) is 0 Å². The average molecular weight is 419 g/mol. The molecule has 1 aromatic rings. The fraction of sp³-hybridized carbons (Fsp3) is 0.600. The molecule has 1 unspecified atom stereocenters. The number of nitrogens with zero attached hydrogens (tertiary/aromatic N) is 1. The Labute approximate surface area is 153 Å². The molecule has 1 heterocycles. The molecule has 2 nitrogen and oxygen atoms in total. The molecule has 0 spiro atoms. The second-order valence-corrected chi connectivity index (χ2v) is 6.57. The SMILES string of the molecule is CCC(C)[C@H](c1cc(Cl)ccc1Br)N1CCNCC1.Cl.Cl. The molecule has 1 aliphatic rings. The normalized spacial score (nSPS) is 18.3. The summed E-state index contributed by atoms with van der Waals surface area (Å²) in [5.41, 5.74) is 1.32. The van der Waals surface area contributed by atoms with Gasteiger partial charge in [0.1, 0.15) is 0 Å². The predicted octanol–water partition coefficient (Wildman–Crippen LogP) is 4.94. The van der Waals surface area contributed by atoms with E-state index in [2.05, 4.69) is 52.1 Å². The predicted molar refractivity (Wildman–Crippen MR) is 100 cm³/mol. The Kier molecular flexibility index (Phi) is 10.5. The van der Waals surface area contributed by atoms with Crippen LogP contribution in [0.15, 0.2) is 22.7 Å². The maximum absolute atomic E-state index is 6.20. The Bertz CT molecular complexity index is 425. The molecular weight excluding hydrogens is 394 g/mol. The number of nitrogens with one attached hydrogen (secondary N) is 1. The highest BCUT2D eigenvalue weighted by Gasteiger charge is 2.27. The zero-order chi connectivity index (χ0) is 13.8. The number of halogens is 4. The molecule has 21 heavy (non-hydrogen) atoms. The molecule has 1 N–H and O–H groups in total. The van der Waals surface area contributed by atoms with Crippen molar-refractivity contribution >= 4 is 52.3 Å². The molecule has 0 amide bonds. The average Bonchev–Trinajstić information content (AvgIpc) is 2.44. The van der Waals surface area contributed by atoms with Crippen LogP contribution < -0.4 is 5.32 Å². The number of rotatable bonds is 4. The number of benzene rings is 1. The minimum absolute atomic E-state index is 0. The van der Waals surface area contributed by atoms with E-state index in [0.717, 1.165) is 31.2 Å². The van der Waals surface area contributed by atoms with E-state index in [-0.39, 0.29) is 24.8 Å². The van der Waals surface area contributed by atoms with Gasteiger partial charge in [0.15, 0.2) is 0 Å². The summed E-state index contributed by atoms with van der Waals surface area (Å²) in [5.74, 6) is 0.618. The van der Waals surface area contributed by atoms with E-state index in [4.69, 9.17) is 11.6 Å². The van der Waals surface area contributed by atoms with Crippen molar-refractivity contribution in [3.63, 3.8) is 0 Å². The zero-order valence-corrected chi connectivity index (χ0v) is 16.4. The van der Waals surface area contributed by atoms with Gasteiger partial charge in [0.05, 0.1) is 0 Å². The lowest BCUT2D eigenvalue weighted by Crippen LogP contribution is -2.46. The van der Waals surface area contributed by atoms with Crippen LogP contribution in [0, 0.1) is 5.92 Å². The van der Waals surface area contributed by atoms with Crippen LogP contribution in [0.3, 0.4) is 0 Å². The van der Waals surface area contributed by atoms with Crippen molar-refractivity contribution in [3.8, 4) is 0 Å². The second-order valence-electron chi connectivity index (χ2n) is 5.28.